The zero-order valence-electron chi connectivity index (χ0n) is 14.8. The highest BCUT2D eigenvalue weighted by Gasteiger charge is 2.21. The van der Waals surface area contributed by atoms with Crippen LogP contribution in [0.25, 0.3) is 0 Å². The summed E-state index contributed by atoms with van der Waals surface area (Å²) in [4.78, 5) is 28.9. The van der Waals surface area contributed by atoms with Crippen molar-refractivity contribution in [3.63, 3.8) is 0 Å². The summed E-state index contributed by atoms with van der Waals surface area (Å²) in [5, 5.41) is 3.63. The number of ketones is 1. The standard InChI is InChI=1S/C19H24ClN3O2/c1-4-23(5-2)18(15-8-6-7-9-16(15)20)12-22-19(25)17-10-14(11-21-17)13(3)24/h6-11,18,21H,4-5,12H2,1-3H3,(H,22,25). The molecule has 0 bridgehead atoms. The van der Waals surface area contributed by atoms with Crippen molar-refractivity contribution in [2.24, 2.45) is 0 Å². The van der Waals surface area contributed by atoms with Gasteiger partial charge in [0.1, 0.15) is 5.69 Å². The Kier molecular flexibility index (Phi) is 6.79. The molecule has 2 N–H and O–H groups in total. The zero-order chi connectivity index (χ0) is 18.4. The van der Waals surface area contributed by atoms with Crippen molar-refractivity contribution in [3.8, 4) is 0 Å². The Hall–Kier alpha value is -2.11. The molecule has 25 heavy (non-hydrogen) atoms. The molecule has 1 aromatic heterocycles. The number of nitrogens with one attached hydrogen (secondary N) is 2. The van der Waals surface area contributed by atoms with Gasteiger partial charge >= 0.3 is 0 Å². The summed E-state index contributed by atoms with van der Waals surface area (Å²) in [7, 11) is 0. The maximum absolute atomic E-state index is 12.4. The van der Waals surface area contributed by atoms with Crippen LogP contribution in [0, 0.1) is 0 Å². The molecule has 0 saturated heterocycles. The molecule has 0 fully saturated rings. The molecule has 0 aliphatic heterocycles. The minimum absolute atomic E-state index is 0.0186. The molecule has 6 heteroatoms. The van der Waals surface area contributed by atoms with Gasteiger partial charge in [-0.05, 0) is 37.7 Å². The average Bonchev–Trinajstić information content (AvgIpc) is 3.10. The first kappa shape index (κ1) is 19.2. The highest BCUT2D eigenvalue weighted by atomic mass is 35.5. The highest BCUT2D eigenvalue weighted by molar-refractivity contribution is 6.31. The normalized spacial score (nSPS) is 12.2. The van der Waals surface area contributed by atoms with Gasteiger partial charge in [0.2, 0.25) is 0 Å². The van der Waals surface area contributed by atoms with Crippen LogP contribution in [-0.2, 0) is 0 Å². The Labute approximate surface area is 153 Å². The number of hydrogen-bond acceptors (Lipinski definition) is 3. The summed E-state index contributed by atoms with van der Waals surface area (Å²) in [5.41, 5.74) is 1.86. The number of halogens is 1. The molecule has 0 radical (unpaired) electrons. The predicted octanol–water partition coefficient (Wildman–Crippen LogP) is 3.68. The summed E-state index contributed by atoms with van der Waals surface area (Å²) in [6, 6.07) is 9.24. The third-order valence-corrected chi connectivity index (χ3v) is 4.65. The molecule has 1 amide bonds. The zero-order valence-corrected chi connectivity index (χ0v) is 15.6. The topological polar surface area (TPSA) is 65.2 Å². The lowest BCUT2D eigenvalue weighted by molar-refractivity contribution is 0.0930. The van der Waals surface area contributed by atoms with Crippen LogP contribution in [0.3, 0.4) is 0 Å². The van der Waals surface area contributed by atoms with E-state index in [9.17, 15) is 9.59 Å². The highest BCUT2D eigenvalue weighted by Crippen LogP contribution is 2.27. The summed E-state index contributed by atoms with van der Waals surface area (Å²) in [6.07, 6.45) is 1.55. The van der Waals surface area contributed by atoms with Gasteiger partial charge in [-0.15, -0.1) is 0 Å². The van der Waals surface area contributed by atoms with Gasteiger partial charge in [0.15, 0.2) is 5.78 Å². The Balaban J connectivity index is 2.15. The molecule has 0 aliphatic carbocycles. The van der Waals surface area contributed by atoms with E-state index in [1.807, 2.05) is 24.3 Å². The summed E-state index contributed by atoms with van der Waals surface area (Å²) >= 11 is 6.36. The number of nitrogens with zero attached hydrogens (tertiary/aromatic N) is 1. The summed E-state index contributed by atoms with van der Waals surface area (Å²) in [5.74, 6) is -0.316. The van der Waals surface area contributed by atoms with Gasteiger partial charge in [-0.1, -0.05) is 43.6 Å². The lowest BCUT2D eigenvalue weighted by Gasteiger charge is -2.30. The van der Waals surface area contributed by atoms with Gasteiger partial charge in [0.05, 0.1) is 6.04 Å². The number of H-pyrrole nitrogens is 1. The van der Waals surface area contributed by atoms with Gasteiger partial charge < -0.3 is 10.3 Å². The van der Waals surface area contributed by atoms with E-state index < -0.39 is 0 Å². The molecule has 1 aromatic carbocycles. The Bertz CT molecular complexity index is 738. The molecule has 0 spiro atoms. The van der Waals surface area contributed by atoms with Crippen LogP contribution < -0.4 is 5.32 Å². The quantitative estimate of drug-likeness (QED) is 0.705. The van der Waals surface area contributed by atoms with Crippen LogP contribution in [0.2, 0.25) is 5.02 Å². The number of aromatic amines is 1. The number of benzene rings is 1. The lowest BCUT2D eigenvalue weighted by Crippen LogP contribution is -2.38. The molecule has 1 heterocycles. The van der Waals surface area contributed by atoms with Crippen LogP contribution in [0.4, 0.5) is 0 Å². The number of carbonyl (C=O) groups excluding carboxylic acids is 2. The van der Waals surface area contributed by atoms with E-state index in [1.165, 1.54) is 6.92 Å². The SMILES string of the molecule is CCN(CC)C(CNC(=O)c1cc(C(C)=O)c[nH]1)c1ccccc1Cl. The second-order valence-corrected chi connectivity index (χ2v) is 6.23. The second kappa shape index (κ2) is 8.83. The molecule has 0 saturated carbocycles. The fraction of sp³-hybridized carbons (Fsp3) is 0.368. The van der Waals surface area contributed by atoms with Crippen molar-refractivity contribution >= 4 is 23.3 Å². The van der Waals surface area contributed by atoms with E-state index in [2.05, 4.69) is 29.0 Å². The second-order valence-electron chi connectivity index (χ2n) is 5.83. The van der Waals surface area contributed by atoms with Crippen LogP contribution in [0.15, 0.2) is 36.5 Å². The Morgan fingerprint density at radius 1 is 1.24 bits per heavy atom. The molecule has 1 unspecified atom stereocenters. The smallest absolute Gasteiger partial charge is 0.267 e. The van der Waals surface area contributed by atoms with E-state index >= 15 is 0 Å². The van der Waals surface area contributed by atoms with Crippen molar-refractivity contribution in [1.29, 1.82) is 0 Å². The summed E-state index contributed by atoms with van der Waals surface area (Å²) in [6.45, 7) is 7.76. The van der Waals surface area contributed by atoms with E-state index in [4.69, 9.17) is 11.6 Å². The molecule has 1 atom stereocenters. The minimum Gasteiger partial charge on any atom is -0.356 e. The van der Waals surface area contributed by atoms with Gasteiger partial charge in [0, 0.05) is 23.3 Å². The maximum Gasteiger partial charge on any atom is 0.267 e. The number of carbonyl (C=O) groups is 2. The van der Waals surface area contributed by atoms with Crippen molar-refractivity contribution in [2.45, 2.75) is 26.8 Å². The molecule has 134 valence electrons. The number of amides is 1. The Morgan fingerprint density at radius 2 is 1.92 bits per heavy atom. The minimum atomic E-state index is -0.239. The van der Waals surface area contributed by atoms with Crippen LogP contribution >= 0.6 is 11.6 Å². The number of hydrogen-bond donors (Lipinski definition) is 2. The van der Waals surface area contributed by atoms with Gasteiger partial charge in [-0.2, -0.15) is 0 Å². The van der Waals surface area contributed by atoms with Gasteiger partial charge in [-0.3, -0.25) is 14.5 Å². The number of likely N-dealkylation sites (N-methyl/N-ethyl adjacent to an activating group) is 1. The van der Waals surface area contributed by atoms with Crippen molar-refractivity contribution < 1.29 is 9.59 Å². The first-order valence-electron chi connectivity index (χ1n) is 8.43. The third-order valence-electron chi connectivity index (χ3n) is 4.31. The van der Waals surface area contributed by atoms with Crippen molar-refractivity contribution in [3.05, 3.63) is 58.4 Å². The first-order chi connectivity index (χ1) is 12.0. The predicted molar refractivity (Wildman–Crippen MR) is 100 cm³/mol. The third kappa shape index (κ3) is 4.71. The number of rotatable bonds is 8. The van der Waals surface area contributed by atoms with Crippen molar-refractivity contribution in [1.82, 2.24) is 15.2 Å². The molecule has 2 aromatic rings. The summed E-state index contributed by atoms with van der Waals surface area (Å²) < 4.78 is 0. The van der Waals surface area contributed by atoms with E-state index in [1.54, 1.807) is 12.3 Å². The van der Waals surface area contributed by atoms with Crippen LogP contribution in [0.5, 0.6) is 0 Å². The Morgan fingerprint density at radius 3 is 2.48 bits per heavy atom. The van der Waals surface area contributed by atoms with Gasteiger partial charge in [0.25, 0.3) is 5.91 Å². The largest absolute Gasteiger partial charge is 0.356 e. The van der Waals surface area contributed by atoms with Gasteiger partial charge in [-0.25, -0.2) is 0 Å². The first-order valence-corrected chi connectivity index (χ1v) is 8.81. The fourth-order valence-electron chi connectivity index (χ4n) is 2.86. The van der Waals surface area contributed by atoms with E-state index in [0.717, 1.165) is 18.7 Å². The van der Waals surface area contributed by atoms with Crippen LogP contribution in [-0.4, -0.2) is 41.2 Å². The average molecular weight is 362 g/mol. The fourth-order valence-corrected chi connectivity index (χ4v) is 3.12. The van der Waals surface area contributed by atoms with Crippen molar-refractivity contribution in [2.75, 3.05) is 19.6 Å². The molecule has 2 rings (SSSR count). The lowest BCUT2D eigenvalue weighted by atomic mass is 10.0. The molecule has 0 aliphatic rings. The molecular weight excluding hydrogens is 338 g/mol. The van der Waals surface area contributed by atoms with E-state index in [0.29, 0.717) is 22.8 Å². The maximum atomic E-state index is 12.4. The number of Topliss-reactive ketones (excluding diaryl/α,β-unsaturated/α-hetero) is 1. The number of aromatic nitrogens is 1. The molecule has 5 nitrogen and oxygen atoms in total. The monoisotopic (exact) mass is 361 g/mol. The van der Waals surface area contributed by atoms with E-state index in [-0.39, 0.29) is 17.7 Å². The van der Waals surface area contributed by atoms with Crippen LogP contribution in [0.1, 0.15) is 53.2 Å². The molecular formula is C19H24ClN3O2.